The van der Waals surface area contributed by atoms with Gasteiger partial charge < -0.3 is 15.5 Å². The van der Waals surface area contributed by atoms with Crippen LogP contribution in [0.3, 0.4) is 0 Å². The summed E-state index contributed by atoms with van der Waals surface area (Å²) in [6.45, 7) is 4.99. The third-order valence-electron chi connectivity index (χ3n) is 6.94. The van der Waals surface area contributed by atoms with Crippen molar-refractivity contribution in [1.82, 2.24) is 25.3 Å². The van der Waals surface area contributed by atoms with Gasteiger partial charge in [0.05, 0.1) is 18.3 Å². The minimum atomic E-state index is -4.55. The highest BCUT2D eigenvalue weighted by atomic mass is 19.4. The van der Waals surface area contributed by atoms with Crippen molar-refractivity contribution < 1.29 is 27.6 Å². The highest BCUT2D eigenvalue weighted by Crippen LogP contribution is 2.29. The first-order chi connectivity index (χ1) is 18.2. The standard InChI is InChI=1S/C27H32F3N5O3/c28-27(29,30)22-9-4-8-21(18-22)25(37)31-19-24(36)32-23-10-5-11-34(23)15-12-33-13-16-35(17-14-33)26(38)20-6-2-1-3-7-20/h1-4,6-9,18,23H,5,10-17,19H2,(H,31,37)(H,32,36). The van der Waals surface area contributed by atoms with Gasteiger partial charge in [-0.15, -0.1) is 0 Å². The molecule has 2 fully saturated rings. The summed E-state index contributed by atoms with van der Waals surface area (Å²) in [6.07, 6.45) is -2.99. The number of hydrogen-bond donors (Lipinski definition) is 2. The van der Waals surface area contributed by atoms with Crippen LogP contribution in [0.2, 0.25) is 0 Å². The molecule has 2 aliphatic rings. The number of carbonyl (C=O) groups excluding carboxylic acids is 3. The summed E-state index contributed by atoms with van der Waals surface area (Å²) in [7, 11) is 0. The fourth-order valence-electron chi connectivity index (χ4n) is 4.80. The fourth-order valence-corrected chi connectivity index (χ4v) is 4.80. The number of rotatable bonds is 8. The van der Waals surface area contributed by atoms with E-state index < -0.39 is 23.6 Å². The van der Waals surface area contributed by atoms with E-state index in [1.165, 1.54) is 6.07 Å². The molecule has 8 nitrogen and oxygen atoms in total. The number of nitrogens with one attached hydrogen (secondary N) is 2. The molecular weight excluding hydrogens is 499 g/mol. The highest BCUT2D eigenvalue weighted by Gasteiger charge is 2.31. The first-order valence-corrected chi connectivity index (χ1v) is 12.8. The zero-order valence-corrected chi connectivity index (χ0v) is 21.0. The predicted octanol–water partition coefficient (Wildman–Crippen LogP) is 2.43. The van der Waals surface area contributed by atoms with Crippen LogP contribution in [0.4, 0.5) is 13.2 Å². The highest BCUT2D eigenvalue weighted by molar-refractivity contribution is 5.96. The van der Waals surface area contributed by atoms with Crippen LogP contribution in [0, 0.1) is 0 Å². The second-order valence-corrected chi connectivity index (χ2v) is 9.52. The Kier molecular flexibility index (Phi) is 9.01. The lowest BCUT2D eigenvalue weighted by molar-refractivity contribution is -0.137. The average Bonchev–Trinajstić information content (AvgIpc) is 3.37. The normalized spacial score (nSPS) is 18.8. The summed E-state index contributed by atoms with van der Waals surface area (Å²) < 4.78 is 38.7. The maximum absolute atomic E-state index is 12.9. The molecule has 2 N–H and O–H groups in total. The Morgan fingerprint density at radius 2 is 1.58 bits per heavy atom. The Labute approximate surface area is 219 Å². The maximum Gasteiger partial charge on any atom is 0.416 e. The Balaban J connectivity index is 1.18. The molecule has 204 valence electrons. The molecule has 0 radical (unpaired) electrons. The van der Waals surface area contributed by atoms with Crippen LogP contribution in [-0.4, -0.2) is 90.9 Å². The van der Waals surface area contributed by atoms with Crippen molar-refractivity contribution in [2.75, 3.05) is 52.4 Å². The lowest BCUT2D eigenvalue weighted by Crippen LogP contribution is -2.52. The lowest BCUT2D eigenvalue weighted by atomic mass is 10.1. The molecule has 2 aromatic rings. The monoisotopic (exact) mass is 531 g/mol. The molecule has 1 atom stereocenters. The first kappa shape index (κ1) is 27.6. The van der Waals surface area contributed by atoms with Gasteiger partial charge in [-0.25, -0.2) is 0 Å². The van der Waals surface area contributed by atoms with Crippen LogP contribution >= 0.6 is 0 Å². The number of likely N-dealkylation sites (tertiary alicyclic amines) is 1. The first-order valence-electron chi connectivity index (χ1n) is 12.8. The van der Waals surface area contributed by atoms with E-state index in [0.29, 0.717) is 18.7 Å². The molecule has 2 aliphatic heterocycles. The Bertz CT molecular complexity index is 1120. The van der Waals surface area contributed by atoms with Gasteiger partial charge in [0.2, 0.25) is 5.91 Å². The summed E-state index contributed by atoms with van der Waals surface area (Å²) in [5, 5.41) is 5.32. The molecule has 38 heavy (non-hydrogen) atoms. The zero-order valence-electron chi connectivity index (χ0n) is 21.0. The summed E-state index contributed by atoms with van der Waals surface area (Å²) >= 11 is 0. The van der Waals surface area contributed by atoms with Gasteiger partial charge in [-0.05, 0) is 43.2 Å². The van der Waals surface area contributed by atoms with E-state index in [2.05, 4.69) is 20.4 Å². The van der Waals surface area contributed by atoms with Crippen molar-refractivity contribution in [1.29, 1.82) is 0 Å². The van der Waals surface area contributed by atoms with E-state index in [0.717, 1.165) is 63.8 Å². The van der Waals surface area contributed by atoms with Crippen LogP contribution in [-0.2, 0) is 11.0 Å². The van der Waals surface area contributed by atoms with Crippen LogP contribution in [0.5, 0.6) is 0 Å². The molecule has 0 aromatic heterocycles. The second-order valence-electron chi connectivity index (χ2n) is 9.52. The topological polar surface area (TPSA) is 85.0 Å². The van der Waals surface area contributed by atoms with E-state index in [9.17, 15) is 27.6 Å². The van der Waals surface area contributed by atoms with Crippen molar-refractivity contribution in [2.45, 2.75) is 25.2 Å². The van der Waals surface area contributed by atoms with Gasteiger partial charge in [0.15, 0.2) is 0 Å². The number of benzene rings is 2. The quantitative estimate of drug-likeness (QED) is 0.547. The number of halogens is 3. The lowest BCUT2D eigenvalue weighted by Gasteiger charge is -2.36. The van der Waals surface area contributed by atoms with Crippen molar-refractivity contribution in [3.63, 3.8) is 0 Å². The summed E-state index contributed by atoms with van der Waals surface area (Å²) in [4.78, 5) is 43.7. The number of piperazine rings is 1. The van der Waals surface area contributed by atoms with Crippen LogP contribution < -0.4 is 10.6 Å². The minimum Gasteiger partial charge on any atom is -0.343 e. The SMILES string of the molecule is O=C(CNC(=O)c1cccc(C(F)(F)F)c1)NC1CCCN1CCN1CCN(C(=O)c2ccccc2)CC1. The molecule has 0 spiro atoms. The predicted molar refractivity (Wildman–Crippen MR) is 135 cm³/mol. The van der Waals surface area contributed by atoms with Gasteiger partial charge in [0, 0.05) is 56.9 Å². The molecule has 3 amide bonds. The van der Waals surface area contributed by atoms with Gasteiger partial charge in [0.25, 0.3) is 11.8 Å². The van der Waals surface area contributed by atoms with E-state index in [4.69, 9.17) is 0 Å². The minimum absolute atomic E-state index is 0.0488. The Hall–Kier alpha value is -3.44. The van der Waals surface area contributed by atoms with Crippen molar-refractivity contribution in [3.05, 3.63) is 71.3 Å². The van der Waals surface area contributed by atoms with Gasteiger partial charge in [-0.2, -0.15) is 13.2 Å². The molecule has 0 saturated carbocycles. The number of alkyl halides is 3. The Morgan fingerprint density at radius 3 is 2.29 bits per heavy atom. The number of amides is 3. The van der Waals surface area contributed by atoms with E-state index in [1.807, 2.05) is 35.2 Å². The average molecular weight is 532 g/mol. The second kappa shape index (κ2) is 12.4. The largest absolute Gasteiger partial charge is 0.416 e. The molecular formula is C27H32F3N5O3. The molecule has 1 unspecified atom stereocenters. The van der Waals surface area contributed by atoms with E-state index in [-0.39, 0.29) is 24.2 Å². The smallest absolute Gasteiger partial charge is 0.343 e. The van der Waals surface area contributed by atoms with Crippen LogP contribution in [0.15, 0.2) is 54.6 Å². The van der Waals surface area contributed by atoms with Crippen LogP contribution in [0.1, 0.15) is 39.1 Å². The molecule has 2 heterocycles. The molecule has 2 saturated heterocycles. The van der Waals surface area contributed by atoms with Crippen molar-refractivity contribution in [3.8, 4) is 0 Å². The molecule has 2 aromatic carbocycles. The molecule has 0 bridgehead atoms. The maximum atomic E-state index is 12.9. The number of hydrogen-bond acceptors (Lipinski definition) is 5. The summed E-state index contributed by atoms with van der Waals surface area (Å²) in [6, 6.07) is 13.4. The third-order valence-corrected chi connectivity index (χ3v) is 6.94. The molecule has 4 rings (SSSR count). The van der Waals surface area contributed by atoms with Gasteiger partial charge in [0.1, 0.15) is 0 Å². The third kappa shape index (κ3) is 7.32. The van der Waals surface area contributed by atoms with E-state index >= 15 is 0 Å². The molecule has 0 aliphatic carbocycles. The summed E-state index contributed by atoms with van der Waals surface area (Å²) in [5.74, 6) is -1.08. The van der Waals surface area contributed by atoms with Gasteiger partial charge >= 0.3 is 6.18 Å². The van der Waals surface area contributed by atoms with E-state index in [1.54, 1.807) is 0 Å². The molecule has 11 heteroatoms. The fraction of sp³-hybridized carbons (Fsp3) is 0.444. The number of carbonyl (C=O) groups is 3. The van der Waals surface area contributed by atoms with Crippen molar-refractivity contribution >= 4 is 17.7 Å². The zero-order chi connectivity index (χ0) is 27.1. The Morgan fingerprint density at radius 1 is 0.868 bits per heavy atom. The van der Waals surface area contributed by atoms with Gasteiger partial charge in [-0.1, -0.05) is 24.3 Å². The summed E-state index contributed by atoms with van der Waals surface area (Å²) in [5.41, 5.74) is -0.372. The van der Waals surface area contributed by atoms with Crippen molar-refractivity contribution in [2.24, 2.45) is 0 Å². The number of nitrogens with zero attached hydrogens (tertiary/aromatic N) is 3. The van der Waals surface area contributed by atoms with Crippen LogP contribution in [0.25, 0.3) is 0 Å². The van der Waals surface area contributed by atoms with Gasteiger partial charge in [-0.3, -0.25) is 24.2 Å².